The van der Waals surface area contributed by atoms with Crippen molar-refractivity contribution in [1.29, 1.82) is 0 Å². The van der Waals surface area contributed by atoms with Crippen LogP contribution in [0.1, 0.15) is 0 Å². The second-order valence-corrected chi connectivity index (χ2v) is 4.19. The van der Waals surface area contributed by atoms with Crippen LogP contribution < -0.4 is 10.6 Å². The molecule has 3 rings (SSSR count). The Balaban J connectivity index is 2.01. The average Bonchev–Trinajstić information content (AvgIpc) is 2.48. The fraction of sp³-hybridized carbons (Fsp3) is 0.0667. The third-order valence-electron chi connectivity index (χ3n) is 2.93. The Hall–Kier alpha value is -2.62. The number of pyridine rings is 2. The first kappa shape index (κ1) is 11.5. The molecule has 94 valence electrons. The molecule has 0 saturated carbocycles. The lowest BCUT2D eigenvalue weighted by Crippen LogP contribution is -1.96. The summed E-state index contributed by atoms with van der Waals surface area (Å²) < 4.78 is 0. The van der Waals surface area contributed by atoms with Crippen LogP contribution in [0.5, 0.6) is 0 Å². The summed E-state index contributed by atoms with van der Waals surface area (Å²) in [6.07, 6.45) is 3.58. The second-order valence-electron chi connectivity index (χ2n) is 4.19. The average molecular weight is 250 g/mol. The summed E-state index contributed by atoms with van der Waals surface area (Å²) in [4.78, 5) is 8.62. The number of anilines is 3. The van der Waals surface area contributed by atoms with E-state index in [2.05, 4.69) is 32.7 Å². The Morgan fingerprint density at radius 2 is 1.84 bits per heavy atom. The molecule has 0 amide bonds. The molecule has 0 atom stereocenters. The summed E-state index contributed by atoms with van der Waals surface area (Å²) in [6, 6.07) is 14.0. The number of nitrogens with zero attached hydrogens (tertiary/aromatic N) is 2. The standard InChI is InChI=1S/C15H14N4/c1-16-14-10-12(7-9-17-14)19-13-6-2-4-11-5-3-8-18-15(11)13/h2-10H,1H3,(H2,16,17,19). The van der Waals surface area contributed by atoms with Gasteiger partial charge in [0.05, 0.1) is 11.2 Å². The molecule has 0 fully saturated rings. The Morgan fingerprint density at radius 1 is 0.947 bits per heavy atom. The van der Waals surface area contributed by atoms with Crippen LogP contribution in [-0.2, 0) is 0 Å². The highest BCUT2D eigenvalue weighted by molar-refractivity contribution is 5.92. The Labute approximate surface area is 111 Å². The van der Waals surface area contributed by atoms with Crippen LogP contribution in [-0.4, -0.2) is 17.0 Å². The molecule has 4 nitrogen and oxygen atoms in total. The quantitative estimate of drug-likeness (QED) is 0.748. The van der Waals surface area contributed by atoms with E-state index in [-0.39, 0.29) is 0 Å². The Kier molecular flexibility index (Phi) is 2.98. The molecule has 0 aliphatic rings. The minimum absolute atomic E-state index is 0.832. The molecule has 0 radical (unpaired) electrons. The zero-order valence-corrected chi connectivity index (χ0v) is 10.6. The van der Waals surface area contributed by atoms with Crippen molar-refractivity contribution in [2.24, 2.45) is 0 Å². The molecular formula is C15H14N4. The number of nitrogens with one attached hydrogen (secondary N) is 2. The first-order chi connectivity index (χ1) is 9.36. The largest absolute Gasteiger partial charge is 0.373 e. The van der Waals surface area contributed by atoms with Crippen LogP contribution in [0.25, 0.3) is 10.9 Å². The van der Waals surface area contributed by atoms with E-state index in [0.29, 0.717) is 0 Å². The Bertz CT molecular complexity index is 704. The van der Waals surface area contributed by atoms with Crippen molar-refractivity contribution in [2.75, 3.05) is 17.7 Å². The molecule has 0 bridgehead atoms. The summed E-state index contributed by atoms with van der Waals surface area (Å²) >= 11 is 0. The van der Waals surface area contributed by atoms with Crippen LogP contribution in [0.15, 0.2) is 54.9 Å². The summed E-state index contributed by atoms with van der Waals surface area (Å²) in [5, 5.41) is 7.52. The van der Waals surface area contributed by atoms with Crippen LogP contribution >= 0.6 is 0 Å². The fourth-order valence-corrected chi connectivity index (χ4v) is 2.01. The molecule has 0 unspecified atom stereocenters. The second kappa shape index (κ2) is 4.94. The van der Waals surface area contributed by atoms with Gasteiger partial charge in [-0.3, -0.25) is 4.98 Å². The van der Waals surface area contributed by atoms with E-state index in [9.17, 15) is 0 Å². The number of rotatable bonds is 3. The minimum atomic E-state index is 0.832. The van der Waals surface area contributed by atoms with Crippen molar-refractivity contribution in [1.82, 2.24) is 9.97 Å². The van der Waals surface area contributed by atoms with E-state index in [1.54, 1.807) is 12.4 Å². The van der Waals surface area contributed by atoms with Crippen molar-refractivity contribution in [3.05, 3.63) is 54.9 Å². The lowest BCUT2D eigenvalue weighted by molar-refractivity contribution is 1.28. The van der Waals surface area contributed by atoms with Gasteiger partial charge in [0.2, 0.25) is 0 Å². The molecule has 19 heavy (non-hydrogen) atoms. The van der Waals surface area contributed by atoms with Gasteiger partial charge in [-0.2, -0.15) is 0 Å². The number of para-hydroxylation sites is 1. The van der Waals surface area contributed by atoms with Crippen LogP contribution in [0, 0.1) is 0 Å². The topological polar surface area (TPSA) is 49.8 Å². The van der Waals surface area contributed by atoms with Crippen molar-refractivity contribution in [3.8, 4) is 0 Å². The summed E-state index contributed by atoms with van der Waals surface area (Å²) in [5.41, 5.74) is 2.94. The fourth-order valence-electron chi connectivity index (χ4n) is 2.01. The van der Waals surface area contributed by atoms with Gasteiger partial charge in [-0.1, -0.05) is 18.2 Å². The molecule has 2 heterocycles. The first-order valence-corrected chi connectivity index (χ1v) is 6.11. The van der Waals surface area contributed by atoms with Gasteiger partial charge in [0.1, 0.15) is 5.82 Å². The zero-order chi connectivity index (χ0) is 13.1. The highest BCUT2D eigenvalue weighted by atomic mass is 15.0. The van der Waals surface area contributed by atoms with Gasteiger partial charge >= 0.3 is 0 Å². The molecule has 0 spiro atoms. The molecule has 4 heteroatoms. The van der Waals surface area contributed by atoms with E-state index in [4.69, 9.17) is 0 Å². The minimum Gasteiger partial charge on any atom is -0.373 e. The van der Waals surface area contributed by atoms with Gasteiger partial charge in [0.15, 0.2) is 0 Å². The molecule has 0 saturated heterocycles. The van der Waals surface area contributed by atoms with Crippen molar-refractivity contribution in [2.45, 2.75) is 0 Å². The van der Waals surface area contributed by atoms with Gasteiger partial charge in [0.25, 0.3) is 0 Å². The third-order valence-corrected chi connectivity index (χ3v) is 2.93. The number of hydrogen-bond acceptors (Lipinski definition) is 4. The molecule has 2 aromatic heterocycles. The number of fused-ring (bicyclic) bond motifs is 1. The number of hydrogen-bond donors (Lipinski definition) is 2. The third kappa shape index (κ3) is 2.33. The Morgan fingerprint density at radius 3 is 2.74 bits per heavy atom. The summed E-state index contributed by atoms with van der Waals surface area (Å²) in [5.74, 6) is 0.832. The number of aromatic nitrogens is 2. The molecule has 0 aliphatic carbocycles. The SMILES string of the molecule is CNc1cc(Nc2cccc3cccnc23)ccn1. The van der Waals surface area contributed by atoms with Gasteiger partial charge in [0, 0.05) is 36.6 Å². The lowest BCUT2D eigenvalue weighted by atomic mass is 10.2. The lowest BCUT2D eigenvalue weighted by Gasteiger charge is -2.09. The molecule has 3 aromatic rings. The van der Waals surface area contributed by atoms with Crippen LogP contribution in [0.2, 0.25) is 0 Å². The van der Waals surface area contributed by atoms with E-state index >= 15 is 0 Å². The van der Waals surface area contributed by atoms with E-state index in [1.165, 1.54) is 0 Å². The number of benzene rings is 1. The molecule has 1 aromatic carbocycles. The van der Waals surface area contributed by atoms with Gasteiger partial charge in [-0.15, -0.1) is 0 Å². The van der Waals surface area contributed by atoms with Crippen molar-refractivity contribution < 1.29 is 0 Å². The highest BCUT2D eigenvalue weighted by Crippen LogP contribution is 2.25. The zero-order valence-electron chi connectivity index (χ0n) is 10.6. The van der Waals surface area contributed by atoms with Gasteiger partial charge in [-0.05, 0) is 18.2 Å². The normalized spacial score (nSPS) is 10.4. The van der Waals surface area contributed by atoms with E-state index in [1.807, 2.05) is 37.4 Å². The smallest absolute Gasteiger partial charge is 0.127 e. The predicted molar refractivity (Wildman–Crippen MR) is 78.8 cm³/mol. The van der Waals surface area contributed by atoms with Crippen molar-refractivity contribution in [3.63, 3.8) is 0 Å². The van der Waals surface area contributed by atoms with Crippen LogP contribution in [0.3, 0.4) is 0 Å². The molecule has 2 N–H and O–H groups in total. The van der Waals surface area contributed by atoms with E-state index < -0.39 is 0 Å². The molecular weight excluding hydrogens is 236 g/mol. The monoisotopic (exact) mass is 250 g/mol. The highest BCUT2D eigenvalue weighted by Gasteiger charge is 2.02. The summed E-state index contributed by atoms with van der Waals surface area (Å²) in [6.45, 7) is 0. The van der Waals surface area contributed by atoms with Crippen molar-refractivity contribution >= 4 is 28.1 Å². The van der Waals surface area contributed by atoms with Gasteiger partial charge < -0.3 is 10.6 Å². The maximum Gasteiger partial charge on any atom is 0.127 e. The first-order valence-electron chi connectivity index (χ1n) is 6.11. The van der Waals surface area contributed by atoms with Gasteiger partial charge in [-0.25, -0.2) is 4.98 Å². The van der Waals surface area contributed by atoms with Crippen LogP contribution in [0.4, 0.5) is 17.2 Å². The maximum absolute atomic E-state index is 4.43. The van der Waals surface area contributed by atoms with E-state index in [0.717, 1.165) is 28.1 Å². The molecule has 0 aliphatic heterocycles. The maximum atomic E-state index is 4.43. The predicted octanol–water partition coefficient (Wildman–Crippen LogP) is 3.42. The summed E-state index contributed by atoms with van der Waals surface area (Å²) in [7, 11) is 1.85.